The summed E-state index contributed by atoms with van der Waals surface area (Å²) in [4.78, 5) is 46.2. The summed E-state index contributed by atoms with van der Waals surface area (Å²) >= 11 is 0. The highest BCUT2D eigenvalue weighted by Crippen LogP contribution is 2.50. The zero-order valence-corrected chi connectivity index (χ0v) is 40.4. The van der Waals surface area contributed by atoms with E-state index in [0.717, 1.165) is 4.90 Å². The molecule has 0 N–H and O–H groups in total. The lowest BCUT2D eigenvalue weighted by molar-refractivity contribution is -0.168. The summed E-state index contributed by atoms with van der Waals surface area (Å²) in [5.41, 5.74) is 0.671. The molecule has 322 valence electrons. The van der Waals surface area contributed by atoms with Gasteiger partial charge < -0.3 is 27.8 Å². The van der Waals surface area contributed by atoms with Crippen molar-refractivity contribution >= 4 is 40.5 Å². The number of hydrogen-bond donors (Lipinski definition) is 0. The molecule has 0 radical (unpaired) electrons. The van der Waals surface area contributed by atoms with E-state index >= 15 is 0 Å². The molecule has 11 nitrogen and oxygen atoms in total. The highest BCUT2D eigenvalue weighted by molar-refractivity contribution is 6.78. The number of imide groups is 1. The van der Waals surface area contributed by atoms with Crippen molar-refractivity contribution in [2.75, 3.05) is 11.5 Å². The Hall–Kier alpha value is -2.33. The van der Waals surface area contributed by atoms with Crippen LogP contribution in [-0.2, 0) is 32.6 Å². The fourth-order valence-corrected chi connectivity index (χ4v) is 20.3. The summed E-state index contributed by atoms with van der Waals surface area (Å²) in [5, 5.41) is 0. The minimum atomic E-state index is -2.54. The number of ether oxygens (including phenoxy) is 4. The van der Waals surface area contributed by atoms with Crippen LogP contribution in [0.2, 0.25) is 33.2 Å². The number of nitrogens with zero attached hydrogens (tertiary/aromatic N) is 2. The van der Waals surface area contributed by atoms with Gasteiger partial charge in [-0.15, -0.1) is 0 Å². The highest BCUT2D eigenvalue weighted by atomic mass is 28.4. The van der Waals surface area contributed by atoms with Crippen LogP contribution in [0, 0.1) is 0 Å². The Kier molecular flexibility index (Phi) is 17.9. The first-order valence-corrected chi connectivity index (χ1v) is 25.3. The molecule has 0 unspecified atom stereocenters. The first kappa shape index (κ1) is 49.8. The maximum atomic E-state index is 14.0. The van der Waals surface area contributed by atoms with Gasteiger partial charge in [-0.1, -0.05) is 83.1 Å². The Morgan fingerprint density at radius 3 is 1.62 bits per heavy atom. The van der Waals surface area contributed by atoms with Gasteiger partial charge >= 0.3 is 18.2 Å². The summed E-state index contributed by atoms with van der Waals surface area (Å²) < 4.78 is 39.6. The van der Waals surface area contributed by atoms with Crippen LogP contribution < -0.4 is 4.90 Å². The first-order valence-electron chi connectivity index (χ1n) is 21.0. The third-order valence-corrected chi connectivity index (χ3v) is 23.4. The summed E-state index contributed by atoms with van der Waals surface area (Å²) in [5.74, 6) is -0.310. The number of esters is 1. The fourth-order valence-electron chi connectivity index (χ4n) is 9.18. The molecule has 13 heteroatoms. The smallest absolute Gasteiger partial charge is 0.424 e. The second-order valence-corrected chi connectivity index (χ2v) is 30.2. The molecule has 1 aromatic heterocycles. The van der Waals surface area contributed by atoms with E-state index in [0.29, 0.717) is 18.4 Å². The minimum absolute atomic E-state index is 0.129. The molecule has 2 heterocycles. The van der Waals surface area contributed by atoms with E-state index in [2.05, 4.69) is 88.1 Å². The number of carbonyl (C=O) groups excluding carboxylic acids is 3. The molecule has 56 heavy (non-hydrogen) atoms. The number of aromatic nitrogens is 1. The van der Waals surface area contributed by atoms with Crippen molar-refractivity contribution in [3.63, 3.8) is 0 Å². The van der Waals surface area contributed by atoms with Crippen molar-refractivity contribution in [1.82, 2.24) is 4.98 Å². The Morgan fingerprint density at radius 2 is 1.21 bits per heavy atom. The van der Waals surface area contributed by atoms with Gasteiger partial charge in [-0.05, 0) is 94.2 Å². The topological polar surface area (TPSA) is 123 Å². The number of rotatable bonds is 16. The first-order chi connectivity index (χ1) is 25.7. The van der Waals surface area contributed by atoms with Crippen LogP contribution in [-0.4, -0.2) is 75.9 Å². The molecule has 2 amide bonds. The zero-order valence-electron chi connectivity index (χ0n) is 38.4. The van der Waals surface area contributed by atoms with Crippen LogP contribution in [0.25, 0.3) is 0 Å². The van der Waals surface area contributed by atoms with Gasteiger partial charge in [0.1, 0.15) is 11.2 Å². The SMILES string of the molecule is CCOC(=O)CC[C@H]1O[C@H](c2ccncc2N(C(=O)OC(C)(C)C)C(=O)OC(C)(C)C)C[C@@H](O[Si](C(C)C)(C(C)C)C(C)C)[C@@H]1O[Si](C(C)C)(C(C)C)C(C)C. The van der Waals surface area contributed by atoms with E-state index in [1.54, 1.807) is 60.7 Å². The van der Waals surface area contributed by atoms with Crippen LogP contribution >= 0.6 is 0 Å². The predicted molar refractivity (Wildman–Crippen MR) is 229 cm³/mol. The standard InChI is InChI=1S/C43H78N2O9Si2/c1-20-49-38(46)22-21-35-39(54-56(30(8)9,31(10)11)32(12)13)37(53-55(27(2)3,28(4)5)29(6)7)25-36(50-35)33-23-24-44-26-34(33)45(40(47)51-42(14,15)16)41(48)52-43(17,18)19/h23-24,26-32,35-37,39H,20-22,25H2,1-19H3/t35-,36+,37-,39-/m1/s1. The van der Waals surface area contributed by atoms with Gasteiger partial charge in [-0.2, -0.15) is 4.90 Å². The number of hydrogen-bond acceptors (Lipinski definition) is 10. The molecule has 1 saturated heterocycles. The molecule has 0 aliphatic carbocycles. The van der Waals surface area contributed by atoms with Gasteiger partial charge in [-0.3, -0.25) is 9.78 Å². The van der Waals surface area contributed by atoms with E-state index in [-0.39, 0.29) is 57.9 Å². The Bertz CT molecular complexity index is 1360. The Labute approximate surface area is 341 Å². The van der Waals surface area contributed by atoms with Crippen molar-refractivity contribution in [1.29, 1.82) is 0 Å². The largest absolute Gasteiger partial charge is 0.466 e. The summed E-state index contributed by atoms with van der Waals surface area (Å²) in [6.07, 6.45) is -0.0124. The van der Waals surface area contributed by atoms with E-state index in [4.69, 9.17) is 27.8 Å². The van der Waals surface area contributed by atoms with Crippen molar-refractivity contribution in [2.45, 2.75) is 220 Å². The average molecular weight is 823 g/mol. The molecule has 1 fully saturated rings. The summed E-state index contributed by atoms with van der Waals surface area (Å²) in [6.45, 7) is 39.8. The maximum absolute atomic E-state index is 14.0. The van der Waals surface area contributed by atoms with Gasteiger partial charge in [0.25, 0.3) is 0 Å². The van der Waals surface area contributed by atoms with Crippen LogP contribution in [0.15, 0.2) is 18.5 Å². The van der Waals surface area contributed by atoms with Crippen LogP contribution in [0.3, 0.4) is 0 Å². The molecule has 1 aromatic rings. The van der Waals surface area contributed by atoms with Gasteiger partial charge in [0.2, 0.25) is 16.6 Å². The maximum Gasteiger partial charge on any atom is 0.424 e. The monoisotopic (exact) mass is 823 g/mol. The van der Waals surface area contributed by atoms with Gasteiger partial charge in [0.05, 0.1) is 42.9 Å². The molecule has 4 atom stereocenters. The molecule has 2 rings (SSSR count). The lowest BCUT2D eigenvalue weighted by atomic mass is 9.91. The van der Waals surface area contributed by atoms with Gasteiger partial charge in [0.15, 0.2) is 0 Å². The summed E-state index contributed by atoms with van der Waals surface area (Å²) in [7, 11) is -5.07. The molecule has 1 aliphatic rings. The Balaban J connectivity index is 3.00. The lowest BCUT2D eigenvalue weighted by Crippen LogP contribution is -2.61. The van der Waals surface area contributed by atoms with Crippen LogP contribution in [0.1, 0.15) is 162 Å². The third-order valence-electron chi connectivity index (χ3n) is 11.1. The predicted octanol–water partition coefficient (Wildman–Crippen LogP) is 12.1. The van der Waals surface area contributed by atoms with E-state index in [1.807, 2.05) is 0 Å². The highest BCUT2D eigenvalue weighted by Gasteiger charge is 2.55. The number of anilines is 1. The van der Waals surface area contributed by atoms with E-state index < -0.39 is 64.4 Å². The molecule has 0 aromatic carbocycles. The second-order valence-electron chi connectivity index (χ2n) is 19.3. The number of amides is 2. The van der Waals surface area contributed by atoms with Gasteiger partial charge in [-0.25, -0.2) is 9.59 Å². The Morgan fingerprint density at radius 1 is 0.768 bits per heavy atom. The number of carbonyl (C=O) groups is 3. The molecule has 0 bridgehead atoms. The normalized spacial score (nSPS) is 20.0. The van der Waals surface area contributed by atoms with Gasteiger partial charge in [0, 0.05) is 24.6 Å². The van der Waals surface area contributed by atoms with E-state index in [9.17, 15) is 14.4 Å². The molecule has 0 saturated carbocycles. The second kappa shape index (κ2) is 20.1. The number of pyridine rings is 1. The van der Waals surface area contributed by atoms with Crippen molar-refractivity contribution in [2.24, 2.45) is 0 Å². The molecular weight excluding hydrogens is 745 g/mol. The average Bonchev–Trinajstić information content (AvgIpc) is 3.03. The molecule has 0 spiro atoms. The van der Waals surface area contributed by atoms with Crippen molar-refractivity contribution in [3.8, 4) is 0 Å². The summed E-state index contributed by atoms with van der Waals surface area (Å²) in [6, 6.07) is 1.77. The minimum Gasteiger partial charge on any atom is -0.466 e. The quantitative estimate of drug-likeness (QED) is 0.0904. The lowest BCUT2D eigenvalue weighted by Gasteiger charge is -2.53. The fraction of sp³-hybridized carbons (Fsp3) is 0.814. The zero-order chi connectivity index (χ0) is 43.1. The van der Waals surface area contributed by atoms with Crippen molar-refractivity contribution < 1.29 is 42.2 Å². The third kappa shape index (κ3) is 12.1. The molecule has 1 aliphatic heterocycles. The van der Waals surface area contributed by atoms with Crippen molar-refractivity contribution in [3.05, 3.63) is 24.0 Å². The van der Waals surface area contributed by atoms with Crippen LogP contribution in [0.5, 0.6) is 0 Å². The molecular formula is C43H78N2O9Si2. The van der Waals surface area contributed by atoms with E-state index in [1.165, 1.54) is 6.20 Å². The van der Waals surface area contributed by atoms with Crippen LogP contribution in [0.4, 0.5) is 15.3 Å².